The molecule has 0 fully saturated rings. The Morgan fingerprint density at radius 1 is 1.12 bits per heavy atom. The van der Waals surface area contributed by atoms with E-state index in [0.29, 0.717) is 16.6 Å². The summed E-state index contributed by atoms with van der Waals surface area (Å²) < 4.78 is 27.1. The van der Waals surface area contributed by atoms with E-state index < -0.39 is 16.1 Å². The Hall–Kier alpha value is -1.60. The highest BCUT2D eigenvalue weighted by molar-refractivity contribution is 7.89. The van der Waals surface area contributed by atoms with Gasteiger partial charge in [0.25, 0.3) is 0 Å². The van der Waals surface area contributed by atoms with Gasteiger partial charge in [-0.1, -0.05) is 35.3 Å². The fourth-order valence-corrected chi connectivity index (χ4v) is 3.82. The summed E-state index contributed by atoms with van der Waals surface area (Å²) in [6, 6.07) is 12.0. The van der Waals surface area contributed by atoms with Crippen molar-refractivity contribution in [2.24, 2.45) is 0 Å². The van der Waals surface area contributed by atoms with Crippen LogP contribution in [0.15, 0.2) is 53.4 Å². The van der Waals surface area contributed by atoms with Crippen molar-refractivity contribution < 1.29 is 13.2 Å². The molecular weight excluding hydrogens is 383 g/mol. The average molecular weight is 401 g/mol. The first-order valence-electron chi connectivity index (χ1n) is 7.46. The monoisotopic (exact) mass is 400 g/mol. The molecule has 0 spiro atoms. The summed E-state index contributed by atoms with van der Waals surface area (Å²) in [5, 5.41) is 1.01. The van der Waals surface area contributed by atoms with Crippen LogP contribution >= 0.6 is 23.2 Å². The predicted molar refractivity (Wildman–Crippen MR) is 99.2 cm³/mol. The van der Waals surface area contributed by atoms with Gasteiger partial charge in [-0.2, -0.15) is 4.72 Å². The Morgan fingerprint density at radius 2 is 1.76 bits per heavy atom. The van der Waals surface area contributed by atoms with Crippen LogP contribution in [0.4, 0.5) is 0 Å². The van der Waals surface area contributed by atoms with Gasteiger partial charge in [0.2, 0.25) is 15.9 Å². The van der Waals surface area contributed by atoms with Crippen LogP contribution in [0, 0.1) is 0 Å². The Kier molecular flexibility index (Phi) is 6.46. The lowest BCUT2D eigenvalue weighted by Gasteiger charge is -2.22. The molecular formula is C17H18Cl2N2O3S. The molecule has 0 aliphatic rings. The van der Waals surface area contributed by atoms with Crippen molar-refractivity contribution in [3.05, 3.63) is 64.1 Å². The molecule has 0 saturated heterocycles. The molecule has 0 aliphatic carbocycles. The van der Waals surface area contributed by atoms with Crippen molar-refractivity contribution in [1.29, 1.82) is 0 Å². The van der Waals surface area contributed by atoms with Gasteiger partial charge in [-0.25, -0.2) is 8.42 Å². The molecule has 1 atom stereocenters. The molecule has 1 unspecified atom stereocenters. The normalized spacial score (nSPS) is 12.6. The Balaban J connectivity index is 2.04. The maximum absolute atomic E-state index is 12.4. The van der Waals surface area contributed by atoms with E-state index in [1.807, 2.05) is 6.07 Å². The lowest BCUT2D eigenvalue weighted by atomic mass is 10.2. The number of hydrogen-bond acceptors (Lipinski definition) is 3. The molecule has 0 aromatic heterocycles. The maximum atomic E-state index is 12.4. The van der Waals surface area contributed by atoms with Gasteiger partial charge >= 0.3 is 0 Å². The third kappa shape index (κ3) is 5.44. The number of carbonyl (C=O) groups is 1. The summed E-state index contributed by atoms with van der Waals surface area (Å²) in [7, 11) is -2.20. The number of amides is 1. The number of carbonyl (C=O) groups excluding carboxylic acids is 1. The van der Waals surface area contributed by atoms with Crippen LogP contribution in [-0.4, -0.2) is 32.3 Å². The fraction of sp³-hybridized carbons (Fsp3) is 0.235. The third-order valence-electron chi connectivity index (χ3n) is 3.51. The van der Waals surface area contributed by atoms with Crippen molar-refractivity contribution >= 4 is 39.1 Å². The molecule has 0 heterocycles. The highest BCUT2D eigenvalue weighted by Gasteiger charge is 2.24. The zero-order chi connectivity index (χ0) is 18.6. The molecule has 25 heavy (non-hydrogen) atoms. The standard InChI is InChI=1S/C17H18Cl2N2O3S/c1-12(20-25(23,24)16-8-6-14(18)7-9-16)17(22)21(2)11-13-4-3-5-15(19)10-13/h3-10,12,20H,11H2,1-2H3. The number of rotatable bonds is 6. The molecule has 134 valence electrons. The van der Waals surface area contributed by atoms with Crippen molar-refractivity contribution in [2.75, 3.05) is 7.05 Å². The molecule has 1 N–H and O–H groups in total. The first-order chi connectivity index (χ1) is 11.7. The number of benzene rings is 2. The zero-order valence-corrected chi connectivity index (χ0v) is 16.1. The second-order valence-corrected chi connectivity index (χ2v) is 8.21. The number of nitrogens with one attached hydrogen (secondary N) is 1. The van der Waals surface area contributed by atoms with Gasteiger partial charge in [0.05, 0.1) is 10.9 Å². The van der Waals surface area contributed by atoms with Gasteiger partial charge in [-0.3, -0.25) is 4.79 Å². The Morgan fingerprint density at radius 3 is 2.36 bits per heavy atom. The van der Waals surface area contributed by atoms with E-state index >= 15 is 0 Å². The summed E-state index contributed by atoms with van der Waals surface area (Å²) >= 11 is 11.7. The SMILES string of the molecule is CC(NS(=O)(=O)c1ccc(Cl)cc1)C(=O)N(C)Cc1cccc(Cl)c1. The van der Waals surface area contributed by atoms with E-state index in [4.69, 9.17) is 23.2 Å². The van der Waals surface area contributed by atoms with Gasteiger partial charge in [0.15, 0.2) is 0 Å². The summed E-state index contributed by atoms with van der Waals surface area (Å²) in [4.78, 5) is 13.9. The summed E-state index contributed by atoms with van der Waals surface area (Å²) in [5.74, 6) is -0.350. The number of nitrogens with zero attached hydrogens (tertiary/aromatic N) is 1. The molecule has 5 nitrogen and oxygen atoms in total. The van der Waals surface area contributed by atoms with Crippen molar-refractivity contribution in [2.45, 2.75) is 24.4 Å². The molecule has 0 saturated carbocycles. The second-order valence-electron chi connectivity index (χ2n) is 5.62. The lowest BCUT2D eigenvalue weighted by Crippen LogP contribution is -2.45. The van der Waals surface area contributed by atoms with E-state index in [-0.39, 0.29) is 10.8 Å². The minimum atomic E-state index is -3.81. The van der Waals surface area contributed by atoms with Crippen LogP contribution in [-0.2, 0) is 21.4 Å². The minimum absolute atomic E-state index is 0.0500. The van der Waals surface area contributed by atoms with Gasteiger partial charge in [0, 0.05) is 23.6 Å². The zero-order valence-electron chi connectivity index (χ0n) is 13.7. The molecule has 0 bridgehead atoms. The molecule has 8 heteroatoms. The fourth-order valence-electron chi connectivity index (χ4n) is 2.28. The van der Waals surface area contributed by atoms with E-state index in [9.17, 15) is 13.2 Å². The lowest BCUT2D eigenvalue weighted by molar-refractivity contribution is -0.131. The molecule has 0 aliphatic heterocycles. The van der Waals surface area contributed by atoms with Crippen molar-refractivity contribution in [1.82, 2.24) is 9.62 Å². The molecule has 2 aromatic carbocycles. The van der Waals surface area contributed by atoms with Crippen molar-refractivity contribution in [3.8, 4) is 0 Å². The van der Waals surface area contributed by atoms with Crippen LogP contribution in [0.2, 0.25) is 10.0 Å². The Labute approximate surface area is 157 Å². The van der Waals surface area contributed by atoms with Crippen molar-refractivity contribution in [3.63, 3.8) is 0 Å². The molecule has 0 radical (unpaired) electrons. The van der Waals surface area contributed by atoms with Crippen LogP contribution < -0.4 is 4.72 Å². The third-order valence-corrected chi connectivity index (χ3v) is 5.55. The summed E-state index contributed by atoms with van der Waals surface area (Å²) in [6.07, 6.45) is 0. The van der Waals surface area contributed by atoms with Crippen LogP contribution in [0.3, 0.4) is 0 Å². The largest absolute Gasteiger partial charge is 0.340 e. The highest BCUT2D eigenvalue weighted by atomic mass is 35.5. The molecule has 1 amide bonds. The number of hydrogen-bond donors (Lipinski definition) is 1. The van der Waals surface area contributed by atoms with E-state index in [2.05, 4.69) is 4.72 Å². The second kappa shape index (κ2) is 8.19. The number of halogens is 2. The summed E-state index contributed by atoms with van der Waals surface area (Å²) in [6.45, 7) is 1.83. The van der Waals surface area contributed by atoms with E-state index in [1.165, 1.54) is 36.1 Å². The maximum Gasteiger partial charge on any atom is 0.241 e. The highest BCUT2D eigenvalue weighted by Crippen LogP contribution is 2.15. The number of sulfonamides is 1. The van der Waals surface area contributed by atoms with Gasteiger partial charge in [0.1, 0.15) is 0 Å². The first kappa shape index (κ1) is 19.7. The van der Waals surface area contributed by atoms with Gasteiger partial charge < -0.3 is 4.90 Å². The average Bonchev–Trinajstić information content (AvgIpc) is 2.54. The van der Waals surface area contributed by atoms with E-state index in [1.54, 1.807) is 25.2 Å². The summed E-state index contributed by atoms with van der Waals surface area (Å²) in [5.41, 5.74) is 0.858. The quantitative estimate of drug-likeness (QED) is 0.808. The topological polar surface area (TPSA) is 66.5 Å². The van der Waals surface area contributed by atoms with E-state index in [0.717, 1.165) is 5.56 Å². The van der Waals surface area contributed by atoms with Crippen LogP contribution in [0.5, 0.6) is 0 Å². The van der Waals surface area contributed by atoms with Gasteiger partial charge in [-0.05, 0) is 48.9 Å². The molecule has 2 aromatic rings. The van der Waals surface area contributed by atoms with Crippen LogP contribution in [0.25, 0.3) is 0 Å². The number of likely N-dealkylation sites (N-methyl/N-ethyl adjacent to an activating group) is 1. The molecule has 2 rings (SSSR count). The van der Waals surface area contributed by atoms with Crippen LogP contribution in [0.1, 0.15) is 12.5 Å². The first-order valence-corrected chi connectivity index (χ1v) is 9.70. The minimum Gasteiger partial charge on any atom is -0.340 e. The predicted octanol–water partition coefficient (Wildman–Crippen LogP) is 3.32. The van der Waals surface area contributed by atoms with Gasteiger partial charge in [-0.15, -0.1) is 0 Å². The smallest absolute Gasteiger partial charge is 0.241 e. The Bertz CT molecular complexity index is 854.